The average Bonchev–Trinajstić information content (AvgIpc) is 2.18. The van der Waals surface area contributed by atoms with Gasteiger partial charge in [0.05, 0.1) is 0 Å². The fraction of sp³-hybridized carbons (Fsp3) is 0.818. The quantitative estimate of drug-likeness (QED) is 0.560. The van der Waals surface area contributed by atoms with Crippen LogP contribution < -0.4 is 0 Å². The van der Waals surface area contributed by atoms with Gasteiger partial charge >= 0.3 is 0 Å². The Kier molecular flexibility index (Phi) is 5.60. The van der Waals surface area contributed by atoms with Crippen LogP contribution in [0.2, 0.25) is 0 Å². The highest BCUT2D eigenvalue weighted by molar-refractivity contribution is 7.80. The molecule has 1 heterocycles. The van der Waals surface area contributed by atoms with Gasteiger partial charge in [-0.2, -0.15) is 12.6 Å². The van der Waals surface area contributed by atoms with E-state index in [0.29, 0.717) is 0 Å². The Morgan fingerprint density at radius 1 is 1.50 bits per heavy atom. The Morgan fingerprint density at radius 2 is 2.29 bits per heavy atom. The second kappa shape index (κ2) is 6.49. The van der Waals surface area contributed by atoms with Gasteiger partial charge in [0, 0.05) is 24.9 Å². The zero-order valence-electron chi connectivity index (χ0n) is 9.32. The van der Waals surface area contributed by atoms with Crippen molar-refractivity contribution in [1.82, 2.24) is 9.80 Å². The van der Waals surface area contributed by atoms with Gasteiger partial charge in [-0.25, -0.2) is 0 Å². The number of thiol groups is 1. The lowest BCUT2D eigenvalue weighted by atomic mass is 10.1. The minimum atomic E-state index is 0.735. The Labute approximate surface area is 93.4 Å². The molecule has 82 valence electrons. The highest BCUT2D eigenvalue weighted by Gasteiger charge is 2.19. The van der Waals surface area contributed by atoms with Gasteiger partial charge in [0.1, 0.15) is 0 Å². The van der Waals surface area contributed by atoms with E-state index in [4.69, 9.17) is 0 Å². The summed E-state index contributed by atoms with van der Waals surface area (Å²) in [7, 11) is 4.43. The van der Waals surface area contributed by atoms with E-state index in [1.54, 1.807) is 0 Å². The zero-order chi connectivity index (χ0) is 10.4. The molecule has 0 saturated carbocycles. The van der Waals surface area contributed by atoms with E-state index in [2.05, 4.69) is 48.7 Å². The maximum atomic E-state index is 4.15. The molecule has 0 aromatic heterocycles. The monoisotopic (exact) mass is 214 g/mol. The molecular formula is C11H22N2S. The number of hydrogen-bond acceptors (Lipinski definition) is 3. The second-order valence-corrected chi connectivity index (χ2v) is 4.52. The largest absolute Gasteiger partial charge is 0.305 e. The van der Waals surface area contributed by atoms with Crippen molar-refractivity contribution < 1.29 is 0 Å². The van der Waals surface area contributed by atoms with Crippen molar-refractivity contribution in [2.75, 3.05) is 39.5 Å². The maximum Gasteiger partial charge on any atom is 0.0223 e. The molecule has 1 rings (SSSR count). The summed E-state index contributed by atoms with van der Waals surface area (Å²) in [6.45, 7) is 3.53. The van der Waals surface area contributed by atoms with E-state index in [1.165, 1.54) is 25.9 Å². The maximum absolute atomic E-state index is 4.15. The third-order valence-electron chi connectivity index (χ3n) is 2.89. The van der Waals surface area contributed by atoms with Crippen LogP contribution in [0.25, 0.3) is 0 Å². The van der Waals surface area contributed by atoms with Gasteiger partial charge in [0.2, 0.25) is 0 Å². The molecule has 1 atom stereocenters. The third-order valence-corrected chi connectivity index (χ3v) is 3.10. The predicted octanol–water partition coefficient (Wildman–Crippen LogP) is 1.50. The molecule has 2 nitrogen and oxygen atoms in total. The predicted molar refractivity (Wildman–Crippen MR) is 66.1 cm³/mol. The highest BCUT2D eigenvalue weighted by atomic mass is 32.1. The molecule has 0 amide bonds. The van der Waals surface area contributed by atoms with E-state index in [1.807, 2.05) is 0 Å². The molecule has 0 aromatic carbocycles. The van der Waals surface area contributed by atoms with Gasteiger partial charge in [-0.15, -0.1) is 0 Å². The molecule has 0 bridgehead atoms. The van der Waals surface area contributed by atoms with Gasteiger partial charge in [-0.1, -0.05) is 12.2 Å². The minimum absolute atomic E-state index is 0.735. The number of hydrogen-bond donors (Lipinski definition) is 1. The SMILES string of the molecule is CN1CCCC(N(C)CC=CCS)C1. The van der Waals surface area contributed by atoms with Crippen molar-refractivity contribution in [3.63, 3.8) is 0 Å². The van der Waals surface area contributed by atoms with E-state index < -0.39 is 0 Å². The van der Waals surface area contributed by atoms with Crippen molar-refractivity contribution in [3.8, 4) is 0 Å². The van der Waals surface area contributed by atoms with Gasteiger partial charge in [-0.3, -0.25) is 4.90 Å². The second-order valence-electron chi connectivity index (χ2n) is 4.15. The summed E-state index contributed by atoms with van der Waals surface area (Å²) >= 11 is 4.15. The smallest absolute Gasteiger partial charge is 0.0223 e. The van der Waals surface area contributed by atoms with Gasteiger partial charge in [-0.05, 0) is 33.5 Å². The average molecular weight is 214 g/mol. The molecule has 14 heavy (non-hydrogen) atoms. The van der Waals surface area contributed by atoms with Crippen LogP contribution >= 0.6 is 12.6 Å². The van der Waals surface area contributed by atoms with E-state index >= 15 is 0 Å². The summed E-state index contributed by atoms with van der Waals surface area (Å²) in [5, 5.41) is 0. The van der Waals surface area contributed by atoms with Crippen molar-refractivity contribution >= 4 is 12.6 Å². The molecule has 1 unspecified atom stereocenters. The molecule has 0 radical (unpaired) electrons. The normalized spacial score (nSPS) is 25.0. The Bertz CT molecular complexity index is 182. The van der Waals surface area contributed by atoms with Crippen LogP contribution in [-0.2, 0) is 0 Å². The fourth-order valence-electron chi connectivity index (χ4n) is 1.96. The lowest BCUT2D eigenvalue weighted by Crippen LogP contribution is -2.44. The number of nitrogens with zero attached hydrogens (tertiary/aromatic N) is 2. The molecule has 0 aromatic rings. The van der Waals surface area contributed by atoms with Gasteiger partial charge in [0.25, 0.3) is 0 Å². The number of likely N-dealkylation sites (N-methyl/N-ethyl adjacent to an activating group) is 2. The first-order chi connectivity index (χ1) is 6.74. The first-order valence-electron chi connectivity index (χ1n) is 5.38. The van der Waals surface area contributed by atoms with Gasteiger partial charge < -0.3 is 4.90 Å². The van der Waals surface area contributed by atoms with Crippen molar-refractivity contribution in [2.45, 2.75) is 18.9 Å². The number of likely N-dealkylation sites (tertiary alicyclic amines) is 1. The van der Waals surface area contributed by atoms with E-state index in [9.17, 15) is 0 Å². The van der Waals surface area contributed by atoms with Crippen LogP contribution in [0.1, 0.15) is 12.8 Å². The van der Waals surface area contributed by atoms with Crippen LogP contribution in [0.4, 0.5) is 0 Å². The standard InChI is InChI=1S/C11H22N2S/c1-12-7-5-6-11(10-12)13(2)8-3-4-9-14/h3-4,11,14H,5-10H2,1-2H3. The van der Waals surface area contributed by atoms with Gasteiger partial charge in [0.15, 0.2) is 0 Å². The molecule has 0 spiro atoms. The lowest BCUT2D eigenvalue weighted by molar-refractivity contribution is 0.144. The zero-order valence-corrected chi connectivity index (χ0v) is 10.2. The Hall–Kier alpha value is 0.01000. The Balaban J connectivity index is 2.28. The highest BCUT2D eigenvalue weighted by Crippen LogP contribution is 2.12. The molecular weight excluding hydrogens is 192 g/mol. The van der Waals surface area contributed by atoms with Crippen LogP contribution in [-0.4, -0.2) is 55.3 Å². The number of piperidine rings is 1. The third kappa shape index (κ3) is 4.03. The summed E-state index contributed by atoms with van der Waals surface area (Å²) in [5.74, 6) is 0.846. The van der Waals surface area contributed by atoms with Crippen molar-refractivity contribution in [2.24, 2.45) is 0 Å². The first kappa shape index (κ1) is 12.1. The molecule has 0 aliphatic carbocycles. The molecule has 1 fully saturated rings. The topological polar surface area (TPSA) is 6.48 Å². The van der Waals surface area contributed by atoms with Crippen molar-refractivity contribution in [3.05, 3.63) is 12.2 Å². The van der Waals surface area contributed by atoms with E-state index in [0.717, 1.165) is 18.3 Å². The van der Waals surface area contributed by atoms with Crippen LogP contribution in [0.3, 0.4) is 0 Å². The molecule has 1 saturated heterocycles. The fourth-order valence-corrected chi connectivity index (χ4v) is 2.11. The van der Waals surface area contributed by atoms with E-state index in [-0.39, 0.29) is 0 Å². The first-order valence-corrected chi connectivity index (χ1v) is 6.02. The summed E-state index contributed by atoms with van der Waals surface area (Å²) in [5.41, 5.74) is 0. The van der Waals surface area contributed by atoms with Crippen LogP contribution in [0, 0.1) is 0 Å². The van der Waals surface area contributed by atoms with Crippen molar-refractivity contribution in [1.29, 1.82) is 0 Å². The summed E-state index contributed by atoms with van der Waals surface area (Å²) in [4.78, 5) is 4.86. The lowest BCUT2D eigenvalue weighted by Gasteiger charge is -2.35. The van der Waals surface area contributed by atoms with Crippen LogP contribution in [0.5, 0.6) is 0 Å². The molecule has 1 aliphatic heterocycles. The molecule has 1 aliphatic rings. The number of rotatable bonds is 4. The molecule has 0 N–H and O–H groups in total. The Morgan fingerprint density at radius 3 is 2.93 bits per heavy atom. The summed E-state index contributed by atoms with van der Waals surface area (Å²) < 4.78 is 0. The summed E-state index contributed by atoms with van der Waals surface area (Å²) in [6.07, 6.45) is 7.01. The molecule has 3 heteroatoms. The van der Waals surface area contributed by atoms with Crippen LogP contribution in [0.15, 0.2) is 12.2 Å². The summed E-state index contributed by atoms with van der Waals surface area (Å²) in [6, 6.07) is 0.735. The minimum Gasteiger partial charge on any atom is -0.305 e.